The molecule has 2 aromatic rings. The number of amides is 1. The Bertz CT molecular complexity index is 768. The van der Waals surface area contributed by atoms with Crippen LogP contribution in [0.4, 0.5) is 10.1 Å². The van der Waals surface area contributed by atoms with Crippen LogP contribution in [0.5, 0.6) is 0 Å². The zero-order valence-corrected chi connectivity index (χ0v) is 14.4. The molecule has 23 heavy (non-hydrogen) atoms. The Morgan fingerprint density at radius 2 is 1.91 bits per heavy atom. The molecule has 2 aromatic carbocycles. The van der Waals surface area contributed by atoms with Crippen LogP contribution in [-0.2, 0) is 4.79 Å². The van der Waals surface area contributed by atoms with Crippen LogP contribution < -0.4 is 5.32 Å². The van der Waals surface area contributed by atoms with Crippen LogP contribution in [-0.4, -0.2) is 17.4 Å². The summed E-state index contributed by atoms with van der Waals surface area (Å²) in [6.07, 6.45) is 0. The predicted octanol–water partition coefficient (Wildman–Crippen LogP) is 5.07. The van der Waals surface area contributed by atoms with Gasteiger partial charge in [-0.3, -0.25) is 9.59 Å². The maximum Gasteiger partial charge on any atom is 0.234 e. The van der Waals surface area contributed by atoms with Crippen molar-refractivity contribution in [1.29, 1.82) is 0 Å². The number of ketones is 1. The summed E-state index contributed by atoms with van der Waals surface area (Å²) >= 11 is 12.8. The maximum absolute atomic E-state index is 13.9. The van der Waals surface area contributed by atoms with Crippen molar-refractivity contribution in [2.75, 3.05) is 11.1 Å². The van der Waals surface area contributed by atoms with Crippen LogP contribution in [0.3, 0.4) is 0 Å². The molecule has 7 heteroatoms. The average molecular weight is 372 g/mol. The highest BCUT2D eigenvalue weighted by Gasteiger charge is 2.11. The summed E-state index contributed by atoms with van der Waals surface area (Å²) < 4.78 is 13.9. The van der Waals surface area contributed by atoms with E-state index in [0.29, 0.717) is 26.2 Å². The van der Waals surface area contributed by atoms with E-state index in [4.69, 9.17) is 23.2 Å². The van der Waals surface area contributed by atoms with Crippen molar-refractivity contribution >= 4 is 52.3 Å². The summed E-state index contributed by atoms with van der Waals surface area (Å²) in [5.41, 5.74) is 0.694. The largest absolute Gasteiger partial charge is 0.324 e. The first-order valence-electron chi connectivity index (χ1n) is 6.55. The third-order valence-electron chi connectivity index (χ3n) is 2.90. The molecule has 0 aromatic heterocycles. The van der Waals surface area contributed by atoms with Gasteiger partial charge in [-0.1, -0.05) is 29.3 Å². The Hall–Kier alpha value is -1.56. The van der Waals surface area contributed by atoms with Gasteiger partial charge in [-0.15, -0.1) is 11.8 Å². The van der Waals surface area contributed by atoms with Gasteiger partial charge in [0.1, 0.15) is 5.82 Å². The number of hydrogen-bond donors (Lipinski definition) is 1. The molecule has 0 radical (unpaired) electrons. The lowest BCUT2D eigenvalue weighted by atomic mass is 10.1. The zero-order valence-electron chi connectivity index (χ0n) is 12.0. The lowest BCUT2D eigenvalue weighted by molar-refractivity contribution is -0.113. The van der Waals surface area contributed by atoms with Gasteiger partial charge in [0, 0.05) is 15.5 Å². The monoisotopic (exact) mass is 371 g/mol. The molecule has 0 unspecified atom stereocenters. The molecular formula is C16H12Cl2FNO2S. The molecule has 0 spiro atoms. The van der Waals surface area contributed by atoms with Crippen LogP contribution in [0.1, 0.15) is 17.3 Å². The number of halogens is 3. The molecule has 0 fully saturated rings. The Balaban J connectivity index is 1.99. The van der Waals surface area contributed by atoms with E-state index in [-0.39, 0.29) is 17.4 Å². The van der Waals surface area contributed by atoms with Crippen molar-refractivity contribution in [3.63, 3.8) is 0 Å². The number of anilines is 1. The second-order valence-electron chi connectivity index (χ2n) is 4.66. The second kappa shape index (κ2) is 7.81. The van der Waals surface area contributed by atoms with Crippen LogP contribution in [0.15, 0.2) is 41.3 Å². The van der Waals surface area contributed by atoms with Gasteiger partial charge >= 0.3 is 0 Å². The summed E-state index contributed by atoms with van der Waals surface area (Å²) in [6.45, 7) is 1.36. The Morgan fingerprint density at radius 1 is 1.17 bits per heavy atom. The minimum atomic E-state index is -0.531. The lowest BCUT2D eigenvalue weighted by Gasteiger charge is -2.08. The highest BCUT2D eigenvalue weighted by molar-refractivity contribution is 8.00. The number of thioether (sulfide) groups is 1. The van der Waals surface area contributed by atoms with E-state index >= 15 is 0 Å². The molecular weight excluding hydrogens is 360 g/mol. The van der Waals surface area contributed by atoms with Gasteiger partial charge in [-0.2, -0.15) is 0 Å². The summed E-state index contributed by atoms with van der Waals surface area (Å²) in [7, 11) is 0. The van der Waals surface area contributed by atoms with Gasteiger partial charge in [0.2, 0.25) is 5.91 Å². The molecule has 2 rings (SSSR count). The van der Waals surface area contributed by atoms with Gasteiger partial charge in [-0.05, 0) is 37.3 Å². The zero-order chi connectivity index (χ0) is 17.0. The van der Waals surface area contributed by atoms with Crippen LogP contribution >= 0.6 is 35.0 Å². The van der Waals surface area contributed by atoms with Crippen molar-refractivity contribution in [3.05, 3.63) is 57.8 Å². The summed E-state index contributed by atoms with van der Waals surface area (Å²) in [6, 6.07) is 8.90. The predicted molar refractivity (Wildman–Crippen MR) is 92.2 cm³/mol. The molecule has 120 valence electrons. The van der Waals surface area contributed by atoms with Gasteiger partial charge < -0.3 is 5.32 Å². The molecule has 0 saturated heterocycles. The molecule has 0 aliphatic carbocycles. The standard InChI is InChI=1S/C16H12Cl2FNO2S/c1-9(21)10-2-5-15(13(19)6-10)23-8-16(22)20-14-7-11(17)3-4-12(14)18/h2-7H,8H2,1H3,(H,20,22). The number of carbonyl (C=O) groups is 2. The quantitative estimate of drug-likeness (QED) is 0.589. The van der Waals surface area contributed by atoms with E-state index < -0.39 is 5.82 Å². The van der Waals surface area contributed by atoms with E-state index in [1.807, 2.05) is 0 Å². The number of hydrogen-bond acceptors (Lipinski definition) is 3. The van der Waals surface area contributed by atoms with Crippen molar-refractivity contribution in [3.8, 4) is 0 Å². The molecule has 0 atom stereocenters. The fourth-order valence-corrected chi connectivity index (χ4v) is 2.82. The Morgan fingerprint density at radius 3 is 2.57 bits per heavy atom. The van der Waals surface area contributed by atoms with E-state index in [9.17, 15) is 14.0 Å². The maximum atomic E-state index is 13.9. The van der Waals surface area contributed by atoms with E-state index in [0.717, 1.165) is 17.8 Å². The summed E-state index contributed by atoms with van der Waals surface area (Å²) in [4.78, 5) is 23.4. The molecule has 1 N–H and O–H groups in total. The van der Waals surface area contributed by atoms with Gasteiger partial charge in [0.15, 0.2) is 5.78 Å². The fraction of sp³-hybridized carbons (Fsp3) is 0.125. The summed E-state index contributed by atoms with van der Waals surface area (Å²) in [5.74, 6) is -1.08. The first kappa shape index (κ1) is 17.8. The number of nitrogens with one attached hydrogen (secondary N) is 1. The van der Waals surface area contributed by atoms with Gasteiger partial charge in [0.05, 0.1) is 16.5 Å². The van der Waals surface area contributed by atoms with Crippen molar-refractivity contribution in [2.24, 2.45) is 0 Å². The van der Waals surface area contributed by atoms with Gasteiger partial charge in [0.25, 0.3) is 0 Å². The highest BCUT2D eigenvalue weighted by Crippen LogP contribution is 2.27. The average Bonchev–Trinajstić information content (AvgIpc) is 2.49. The van der Waals surface area contributed by atoms with Gasteiger partial charge in [-0.25, -0.2) is 4.39 Å². The molecule has 0 aliphatic heterocycles. The number of Topliss-reactive ketones (excluding diaryl/α,β-unsaturated/α-hetero) is 1. The molecule has 1 amide bonds. The third kappa shape index (κ3) is 4.96. The van der Waals surface area contributed by atoms with E-state index in [1.165, 1.54) is 25.1 Å². The normalized spacial score (nSPS) is 10.4. The van der Waals surface area contributed by atoms with Crippen LogP contribution in [0, 0.1) is 5.82 Å². The van der Waals surface area contributed by atoms with Crippen LogP contribution in [0.2, 0.25) is 10.0 Å². The first-order chi connectivity index (χ1) is 10.9. The second-order valence-corrected chi connectivity index (χ2v) is 6.52. The van der Waals surface area contributed by atoms with Crippen LogP contribution in [0.25, 0.3) is 0 Å². The molecule has 0 saturated carbocycles. The van der Waals surface area contributed by atoms with E-state index in [2.05, 4.69) is 5.32 Å². The number of benzene rings is 2. The van der Waals surface area contributed by atoms with Crippen molar-refractivity contribution in [1.82, 2.24) is 0 Å². The Labute approximate surface area is 147 Å². The fourth-order valence-electron chi connectivity index (χ4n) is 1.76. The molecule has 0 bridgehead atoms. The molecule has 0 aliphatic rings. The SMILES string of the molecule is CC(=O)c1ccc(SCC(=O)Nc2cc(Cl)ccc2Cl)c(F)c1. The molecule has 0 heterocycles. The number of rotatable bonds is 5. The minimum absolute atomic E-state index is 0.000813. The number of carbonyl (C=O) groups excluding carboxylic acids is 2. The third-order valence-corrected chi connectivity index (χ3v) is 4.51. The topological polar surface area (TPSA) is 46.2 Å². The molecule has 3 nitrogen and oxygen atoms in total. The highest BCUT2D eigenvalue weighted by atomic mass is 35.5. The first-order valence-corrected chi connectivity index (χ1v) is 8.29. The lowest BCUT2D eigenvalue weighted by Crippen LogP contribution is -2.14. The summed E-state index contributed by atoms with van der Waals surface area (Å²) in [5, 5.41) is 3.43. The van der Waals surface area contributed by atoms with E-state index in [1.54, 1.807) is 12.1 Å². The van der Waals surface area contributed by atoms with Crippen molar-refractivity contribution in [2.45, 2.75) is 11.8 Å². The van der Waals surface area contributed by atoms with Crippen molar-refractivity contribution < 1.29 is 14.0 Å². The smallest absolute Gasteiger partial charge is 0.234 e. The minimum Gasteiger partial charge on any atom is -0.324 e. The Kier molecular flexibility index (Phi) is 6.04.